The zero-order chi connectivity index (χ0) is 21.7. The molecule has 8 heteroatoms. The van der Waals surface area contributed by atoms with E-state index < -0.39 is 4.92 Å². The summed E-state index contributed by atoms with van der Waals surface area (Å²) in [6, 6.07) is 12.2. The number of carbonyl (C=O) groups is 2. The van der Waals surface area contributed by atoms with E-state index in [0.717, 1.165) is 12.0 Å². The number of amides is 2. The molecular formula is C22H26N4O4. The Kier molecular flexibility index (Phi) is 6.79. The molecule has 0 saturated carbocycles. The van der Waals surface area contributed by atoms with Gasteiger partial charge in [-0.1, -0.05) is 23.8 Å². The minimum Gasteiger partial charge on any atom is -0.337 e. The molecule has 158 valence electrons. The summed E-state index contributed by atoms with van der Waals surface area (Å²) in [5.74, 6) is -0.214. The van der Waals surface area contributed by atoms with Crippen LogP contribution in [0.5, 0.6) is 0 Å². The largest absolute Gasteiger partial charge is 0.337 e. The van der Waals surface area contributed by atoms with Crippen molar-refractivity contribution in [1.82, 2.24) is 9.80 Å². The van der Waals surface area contributed by atoms with E-state index in [9.17, 15) is 19.7 Å². The van der Waals surface area contributed by atoms with E-state index in [0.29, 0.717) is 43.0 Å². The third kappa shape index (κ3) is 5.21. The predicted molar refractivity (Wildman–Crippen MR) is 115 cm³/mol. The van der Waals surface area contributed by atoms with Gasteiger partial charge in [0.05, 0.1) is 22.7 Å². The summed E-state index contributed by atoms with van der Waals surface area (Å²) in [4.78, 5) is 39.7. The molecule has 1 fully saturated rings. The van der Waals surface area contributed by atoms with E-state index in [1.54, 1.807) is 19.1 Å². The summed E-state index contributed by atoms with van der Waals surface area (Å²) in [5.41, 5.74) is 2.59. The number of hydrogen-bond acceptors (Lipinski definition) is 5. The topological polar surface area (TPSA) is 95.8 Å². The summed E-state index contributed by atoms with van der Waals surface area (Å²) < 4.78 is 0. The number of nitro benzene ring substituents is 1. The van der Waals surface area contributed by atoms with Gasteiger partial charge < -0.3 is 10.2 Å². The first kappa shape index (κ1) is 21.4. The van der Waals surface area contributed by atoms with E-state index in [1.807, 2.05) is 41.0 Å². The number of nitro groups is 1. The quantitative estimate of drug-likeness (QED) is 0.604. The molecule has 0 atom stereocenters. The molecule has 0 bridgehead atoms. The molecule has 0 radical (unpaired) electrons. The number of hydrogen-bond donors (Lipinski definition) is 1. The fourth-order valence-corrected chi connectivity index (χ4v) is 3.64. The van der Waals surface area contributed by atoms with E-state index in [2.05, 4.69) is 5.32 Å². The summed E-state index contributed by atoms with van der Waals surface area (Å²) in [6.07, 6.45) is 0.778. The molecule has 0 aromatic heterocycles. The molecule has 1 N–H and O–H groups in total. The number of anilines is 1. The Morgan fingerprint density at radius 1 is 1.07 bits per heavy atom. The van der Waals surface area contributed by atoms with Gasteiger partial charge in [0, 0.05) is 37.8 Å². The van der Waals surface area contributed by atoms with E-state index >= 15 is 0 Å². The summed E-state index contributed by atoms with van der Waals surface area (Å²) in [7, 11) is 0. The van der Waals surface area contributed by atoms with Crippen LogP contribution in [0.4, 0.5) is 11.4 Å². The van der Waals surface area contributed by atoms with Crippen LogP contribution < -0.4 is 5.32 Å². The predicted octanol–water partition coefficient (Wildman–Crippen LogP) is 3.00. The second-order valence-electron chi connectivity index (χ2n) is 7.55. The van der Waals surface area contributed by atoms with Crippen molar-refractivity contribution in [2.75, 3.05) is 38.0 Å². The molecular weight excluding hydrogens is 384 g/mol. The van der Waals surface area contributed by atoms with Gasteiger partial charge in [-0.25, -0.2) is 0 Å². The smallest absolute Gasteiger partial charge is 0.274 e. The first-order valence-corrected chi connectivity index (χ1v) is 9.97. The van der Waals surface area contributed by atoms with Gasteiger partial charge in [-0.3, -0.25) is 24.6 Å². The number of benzene rings is 2. The molecule has 2 amide bonds. The lowest BCUT2D eigenvalue weighted by Gasteiger charge is -2.22. The first-order valence-electron chi connectivity index (χ1n) is 9.97. The lowest BCUT2D eigenvalue weighted by molar-refractivity contribution is -0.385. The fourth-order valence-electron chi connectivity index (χ4n) is 3.64. The van der Waals surface area contributed by atoms with Gasteiger partial charge in [0.15, 0.2) is 0 Å². The van der Waals surface area contributed by atoms with Crippen molar-refractivity contribution in [2.45, 2.75) is 20.3 Å². The maximum Gasteiger partial charge on any atom is 0.274 e. The number of nitrogens with one attached hydrogen (secondary N) is 1. The van der Waals surface area contributed by atoms with Crippen molar-refractivity contribution in [3.63, 3.8) is 0 Å². The summed E-state index contributed by atoms with van der Waals surface area (Å²) in [6.45, 7) is 6.26. The monoisotopic (exact) mass is 410 g/mol. The number of aryl methyl sites for hydroxylation is 1. The number of nitrogens with zero attached hydrogens (tertiary/aromatic N) is 3. The average molecular weight is 410 g/mol. The Hall–Kier alpha value is -3.26. The Labute approximate surface area is 175 Å². The van der Waals surface area contributed by atoms with Crippen LogP contribution in [0.3, 0.4) is 0 Å². The van der Waals surface area contributed by atoms with Gasteiger partial charge >= 0.3 is 0 Å². The minimum atomic E-state index is -0.459. The number of rotatable bonds is 5. The van der Waals surface area contributed by atoms with Crippen LogP contribution in [0.15, 0.2) is 42.5 Å². The molecule has 2 aromatic rings. The molecule has 1 aliphatic heterocycles. The fraction of sp³-hybridized carbons (Fsp3) is 0.364. The van der Waals surface area contributed by atoms with Crippen molar-refractivity contribution >= 4 is 23.2 Å². The molecule has 1 aliphatic rings. The van der Waals surface area contributed by atoms with Crippen LogP contribution in [-0.4, -0.2) is 59.3 Å². The second-order valence-corrected chi connectivity index (χ2v) is 7.55. The van der Waals surface area contributed by atoms with Gasteiger partial charge in [-0.05, 0) is 38.5 Å². The Morgan fingerprint density at radius 2 is 1.83 bits per heavy atom. The molecule has 8 nitrogen and oxygen atoms in total. The van der Waals surface area contributed by atoms with E-state index in [-0.39, 0.29) is 24.0 Å². The van der Waals surface area contributed by atoms with Crippen LogP contribution in [-0.2, 0) is 4.79 Å². The first-order chi connectivity index (χ1) is 14.3. The van der Waals surface area contributed by atoms with Crippen LogP contribution in [0, 0.1) is 24.0 Å². The van der Waals surface area contributed by atoms with Gasteiger partial charge in [0.2, 0.25) is 5.91 Å². The van der Waals surface area contributed by atoms with Gasteiger partial charge in [0.25, 0.3) is 11.6 Å². The van der Waals surface area contributed by atoms with Crippen LogP contribution in [0.1, 0.15) is 27.9 Å². The molecule has 0 aliphatic carbocycles. The van der Waals surface area contributed by atoms with Crippen LogP contribution >= 0.6 is 0 Å². The zero-order valence-electron chi connectivity index (χ0n) is 17.3. The number of carbonyl (C=O) groups excluding carboxylic acids is 2. The van der Waals surface area contributed by atoms with Crippen molar-refractivity contribution in [1.29, 1.82) is 0 Å². The van der Waals surface area contributed by atoms with E-state index in [1.165, 1.54) is 6.07 Å². The molecule has 0 spiro atoms. The highest BCUT2D eigenvalue weighted by Crippen LogP contribution is 2.25. The Morgan fingerprint density at radius 3 is 2.57 bits per heavy atom. The van der Waals surface area contributed by atoms with Crippen molar-refractivity contribution in [3.05, 3.63) is 69.3 Å². The molecule has 0 unspecified atom stereocenters. The van der Waals surface area contributed by atoms with Crippen molar-refractivity contribution in [3.8, 4) is 0 Å². The molecule has 2 aromatic carbocycles. The van der Waals surface area contributed by atoms with Crippen LogP contribution in [0.2, 0.25) is 0 Å². The Balaban J connectivity index is 1.57. The van der Waals surface area contributed by atoms with E-state index in [4.69, 9.17) is 0 Å². The maximum atomic E-state index is 12.8. The average Bonchev–Trinajstić information content (AvgIpc) is 2.94. The highest BCUT2D eigenvalue weighted by atomic mass is 16.6. The highest BCUT2D eigenvalue weighted by molar-refractivity contribution is 5.95. The second kappa shape index (κ2) is 9.49. The SMILES string of the molecule is Cc1cccc(C(=O)N2CCCN(CC(=O)Nc3cccc([N+](=O)[O-])c3C)CC2)c1. The molecule has 30 heavy (non-hydrogen) atoms. The van der Waals surface area contributed by atoms with Gasteiger partial charge in [-0.2, -0.15) is 0 Å². The lowest BCUT2D eigenvalue weighted by atomic mass is 10.1. The van der Waals surface area contributed by atoms with Crippen LogP contribution in [0.25, 0.3) is 0 Å². The minimum absolute atomic E-state index is 0.0113. The molecule has 1 heterocycles. The summed E-state index contributed by atoms with van der Waals surface area (Å²) >= 11 is 0. The third-order valence-corrected chi connectivity index (χ3v) is 5.28. The Bertz CT molecular complexity index is 960. The standard InChI is InChI=1S/C22H26N4O4/c1-16-6-3-7-18(14-16)22(28)25-11-5-10-24(12-13-25)15-21(27)23-19-8-4-9-20(17(19)2)26(29)30/h3-4,6-9,14H,5,10-13,15H2,1-2H3,(H,23,27). The van der Waals surface area contributed by atoms with Crippen molar-refractivity contribution < 1.29 is 14.5 Å². The third-order valence-electron chi connectivity index (χ3n) is 5.28. The molecule has 3 rings (SSSR count). The highest BCUT2D eigenvalue weighted by Gasteiger charge is 2.22. The lowest BCUT2D eigenvalue weighted by Crippen LogP contribution is -2.38. The normalized spacial score (nSPS) is 14.8. The molecule has 1 saturated heterocycles. The van der Waals surface area contributed by atoms with Crippen molar-refractivity contribution in [2.24, 2.45) is 0 Å². The summed E-state index contributed by atoms with van der Waals surface area (Å²) in [5, 5.41) is 13.8. The zero-order valence-corrected chi connectivity index (χ0v) is 17.3. The maximum absolute atomic E-state index is 12.8. The van der Waals surface area contributed by atoms with Gasteiger partial charge in [0.1, 0.15) is 0 Å². The van der Waals surface area contributed by atoms with Gasteiger partial charge in [-0.15, -0.1) is 0 Å².